The van der Waals surface area contributed by atoms with Crippen LogP contribution in [0.15, 0.2) is 48.1 Å². The molecular formula is C20H19ClN4O3S2. The number of thioether (sulfide) groups is 1. The van der Waals surface area contributed by atoms with Crippen LogP contribution in [-0.2, 0) is 16.1 Å². The molecule has 3 aromatic rings. The van der Waals surface area contributed by atoms with Gasteiger partial charge in [-0.1, -0.05) is 41.6 Å². The number of carbonyl (C=O) groups is 2. The Hall–Kier alpha value is -2.62. The quantitative estimate of drug-likeness (QED) is 0.297. The molecule has 0 fully saturated rings. The molecular weight excluding hydrogens is 444 g/mol. The molecule has 0 radical (unpaired) electrons. The van der Waals surface area contributed by atoms with Gasteiger partial charge in [0.15, 0.2) is 11.0 Å². The van der Waals surface area contributed by atoms with Gasteiger partial charge in [0.1, 0.15) is 5.00 Å². The van der Waals surface area contributed by atoms with E-state index < -0.39 is 5.97 Å². The second-order valence-corrected chi connectivity index (χ2v) is 8.78. The first kappa shape index (κ1) is 22.1. The van der Waals surface area contributed by atoms with Crippen molar-refractivity contribution in [3.05, 3.63) is 58.5 Å². The molecule has 2 heterocycles. The fraction of sp³-hybridized carbons (Fsp3) is 0.200. The molecule has 0 saturated heterocycles. The maximum Gasteiger partial charge on any atom is 0.340 e. The molecule has 156 valence electrons. The number of allylic oxidation sites excluding steroid dienone is 1. The van der Waals surface area contributed by atoms with Crippen LogP contribution in [0.25, 0.3) is 11.4 Å². The molecule has 3 rings (SSSR count). The molecule has 0 aliphatic heterocycles. The van der Waals surface area contributed by atoms with Crippen molar-refractivity contribution in [2.45, 2.75) is 18.6 Å². The van der Waals surface area contributed by atoms with E-state index in [1.54, 1.807) is 24.3 Å². The van der Waals surface area contributed by atoms with E-state index in [0.717, 1.165) is 10.4 Å². The Morgan fingerprint density at radius 2 is 2.17 bits per heavy atom. The lowest BCUT2D eigenvalue weighted by atomic mass is 10.2. The Morgan fingerprint density at radius 3 is 2.87 bits per heavy atom. The average Bonchev–Trinajstić information content (AvgIpc) is 3.29. The third-order valence-corrected chi connectivity index (χ3v) is 6.13. The zero-order valence-electron chi connectivity index (χ0n) is 16.3. The SMILES string of the molecule is C=CCn1c(SCC(=O)Nc2sc(C)cc2C(=O)OC)nnc1-c1cccc(Cl)c1. The third kappa shape index (κ3) is 5.10. The molecule has 0 atom stereocenters. The Bertz CT molecular complexity index is 1090. The van der Waals surface area contributed by atoms with Gasteiger partial charge in [-0.25, -0.2) is 4.79 Å². The Labute approximate surface area is 187 Å². The first-order valence-corrected chi connectivity index (χ1v) is 11.0. The Balaban J connectivity index is 1.74. The fourth-order valence-electron chi connectivity index (χ4n) is 2.69. The number of rotatable bonds is 8. The highest BCUT2D eigenvalue weighted by atomic mass is 35.5. The van der Waals surface area contributed by atoms with Crippen LogP contribution in [0.3, 0.4) is 0 Å². The molecule has 30 heavy (non-hydrogen) atoms. The lowest BCUT2D eigenvalue weighted by molar-refractivity contribution is -0.113. The summed E-state index contributed by atoms with van der Waals surface area (Å²) in [5.74, 6) is -0.00614. The van der Waals surface area contributed by atoms with Crippen LogP contribution < -0.4 is 5.32 Å². The Kier molecular flexibility index (Phi) is 7.30. The normalized spacial score (nSPS) is 10.6. The second-order valence-electron chi connectivity index (χ2n) is 6.14. The highest BCUT2D eigenvalue weighted by molar-refractivity contribution is 7.99. The number of nitrogens with zero attached hydrogens (tertiary/aromatic N) is 3. The van der Waals surface area contributed by atoms with Crippen LogP contribution in [0.5, 0.6) is 0 Å². The van der Waals surface area contributed by atoms with Crippen molar-refractivity contribution in [1.82, 2.24) is 14.8 Å². The molecule has 0 aliphatic rings. The summed E-state index contributed by atoms with van der Waals surface area (Å²) in [7, 11) is 1.31. The zero-order valence-corrected chi connectivity index (χ0v) is 18.7. The van der Waals surface area contributed by atoms with Crippen LogP contribution in [0, 0.1) is 6.92 Å². The molecule has 0 aliphatic carbocycles. The maximum absolute atomic E-state index is 12.5. The molecule has 0 unspecified atom stereocenters. The van der Waals surface area contributed by atoms with Crippen molar-refractivity contribution in [2.24, 2.45) is 0 Å². The minimum atomic E-state index is -0.487. The number of aryl methyl sites for hydroxylation is 1. The number of carbonyl (C=O) groups excluding carboxylic acids is 2. The number of hydrogen-bond donors (Lipinski definition) is 1. The van der Waals surface area contributed by atoms with Crippen LogP contribution in [-0.4, -0.2) is 39.5 Å². The van der Waals surface area contributed by atoms with Crippen LogP contribution in [0.4, 0.5) is 5.00 Å². The molecule has 7 nitrogen and oxygen atoms in total. The zero-order chi connectivity index (χ0) is 21.7. The third-order valence-electron chi connectivity index (χ3n) is 3.96. The summed E-state index contributed by atoms with van der Waals surface area (Å²) < 4.78 is 6.63. The van der Waals surface area contributed by atoms with Gasteiger partial charge in [0, 0.05) is 22.0 Å². The molecule has 1 aromatic carbocycles. The number of esters is 1. The van der Waals surface area contributed by atoms with Crippen LogP contribution in [0.2, 0.25) is 5.02 Å². The van der Waals surface area contributed by atoms with Crippen molar-refractivity contribution < 1.29 is 14.3 Å². The van der Waals surface area contributed by atoms with Crippen molar-refractivity contribution in [2.75, 3.05) is 18.2 Å². The van der Waals surface area contributed by atoms with Gasteiger partial charge in [-0.15, -0.1) is 28.1 Å². The summed E-state index contributed by atoms with van der Waals surface area (Å²) in [6, 6.07) is 9.02. The molecule has 1 N–H and O–H groups in total. The monoisotopic (exact) mass is 462 g/mol. The highest BCUT2D eigenvalue weighted by Gasteiger charge is 2.19. The summed E-state index contributed by atoms with van der Waals surface area (Å²) in [4.78, 5) is 25.2. The lowest BCUT2D eigenvalue weighted by Gasteiger charge is -2.08. The fourth-order valence-corrected chi connectivity index (χ4v) is 4.55. The lowest BCUT2D eigenvalue weighted by Crippen LogP contribution is -2.16. The van der Waals surface area contributed by atoms with Gasteiger partial charge in [-0.2, -0.15) is 0 Å². The topological polar surface area (TPSA) is 86.1 Å². The molecule has 0 bridgehead atoms. The molecule has 2 aromatic heterocycles. The number of methoxy groups -OCH3 is 1. The number of amides is 1. The summed E-state index contributed by atoms with van der Waals surface area (Å²) in [5, 5.41) is 12.9. The number of nitrogens with one attached hydrogen (secondary N) is 1. The number of hydrogen-bond acceptors (Lipinski definition) is 7. The number of anilines is 1. The smallest absolute Gasteiger partial charge is 0.340 e. The second kappa shape index (κ2) is 9.92. The number of benzene rings is 1. The van der Waals surface area contributed by atoms with Crippen molar-refractivity contribution in [3.63, 3.8) is 0 Å². The van der Waals surface area contributed by atoms with E-state index in [1.807, 2.05) is 23.6 Å². The average molecular weight is 463 g/mol. The van der Waals surface area contributed by atoms with Gasteiger partial charge in [0.2, 0.25) is 5.91 Å². The first-order chi connectivity index (χ1) is 14.4. The minimum Gasteiger partial charge on any atom is -0.465 e. The van der Waals surface area contributed by atoms with Crippen molar-refractivity contribution in [1.29, 1.82) is 0 Å². The Morgan fingerprint density at radius 1 is 1.37 bits per heavy atom. The maximum atomic E-state index is 12.5. The van der Waals surface area contributed by atoms with Crippen LogP contribution >= 0.6 is 34.7 Å². The van der Waals surface area contributed by atoms with Gasteiger partial charge in [-0.3, -0.25) is 9.36 Å². The summed E-state index contributed by atoms with van der Waals surface area (Å²) >= 11 is 8.66. The van der Waals surface area contributed by atoms with Gasteiger partial charge in [0.05, 0.1) is 18.4 Å². The van der Waals surface area contributed by atoms with Gasteiger partial charge < -0.3 is 10.1 Å². The van der Waals surface area contributed by atoms with E-state index in [4.69, 9.17) is 16.3 Å². The van der Waals surface area contributed by atoms with Crippen molar-refractivity contribution >= 4 is 51.6 Å². The van der Waals surface area contributed by atoms with Gasteiger partial charge >= 0.3 is 5.97 Å². The largest absolute Gasteiger partial charge is 0.465 e. The summed E-state index contributed by atoms with van der Waals surface area (Å²) in [6.07, 6.45) is 1.73. The number of ether oxygens (including phenoxy) is 1. The van der Waals surface area contributed by atoms with E-state index in [2.05, 4.69) is 22.1 Å². The molecule has 0 saturated carbocycles. The summed E-state index contributed by atoms with van der Waals surface area (Å²) in [5.41, 5.74) is 1.17. The van der Waals surface area contributed by atoms with E-state index in [9.17, 15) is 9.59 Å². The number of halogens is 1. The first-order valence-electron chi connectivity index (χ1n) is 8.84. The summed E-state index contributed by atoms with van der Waals surface area (Å²) in [6.45, 7) is 6.12. The van der Waals surface area contributed by atoms with Crippen molar-refractivity contribution in [3.8, 4) is 11.4 Å². The van der Waals surface area contributed by atoms with Gasteiger partial charge in [-0.05, 0) is 25.1 Å². The molecule has 10 heteroatoms. The van der Waals surface area contributed by atoms with E-state index in [0.29, 0.717) is 33.1 Å². The van der Waals surface area contributed by atoms with Crippen LogP contribution in [0.1, 0.15) is 15.2 Å². The highest BCUT2D eigenvalue weighted by Crippen LogP contribution is 2.29. The predicted molar refractivity (Wildman–Crippen MR) is 120 cm³/mol. The van der Waals surface area contributed by atoms with E-state index in [1.165, 1.54) is 30.2 Å². The molecule has 1 amide bonds. The van der Waals surface area contributed by atoms with E-state index in [-0.39, 0.29) is 11.7 Å². The van der Waals surface area contributed by atoms with Gasteiger partial charge in [0.25, 0.3) is 0 Å². The minimum absolute atomic E-state index is 0.0996. The molecule has 0 spiro atoms. The number of aromatic nitrogens is 3. The predicted octanol–water partition coefficient (Wildman–Crippen LogP) is 4.67. The number of thiophene rings is 1. The standard InChI is InChI=1S/C20H19ClN4O3S2/c1-4-8-25-17(13-6-5-7-14(21)10-13)23-24-20(25)29-11-16(26)22-18-15(19(27)28-3)9-12(2)30-18/h4-7,9-10H,1,8,11H2,2-3H3,(H,22,26). The van der Waals surface area contributed by atoms with E-state index >= 15 is 0 Å².